The summed E-state index contributed by atoms with van der Waals surface area (Å²) in [7, 11) is 0. The summed E-state index contributed by atoms with van der Waals surface area (Å²) >= 11 is 0. The summed E-state index contributed by atoms with van der Waals surface area (Å²) in [6.45, 7) is 9.48. The Morgan fingerprint density at radius 2 is 2.20 bits per heavy atom. The Morgan fingerprint density at radius 1 is 1.50 bits per heavy atom. The second kappa shape index (κ2) is 2.89. The zero-order valence-corrected chi connectivity index (χ0v) is 7.11. The summed E-state index contributed by atoms with van der Waals surface area (Å²) in [6.07, 6.45) is 0.377. The Morgan fingerprint density at radius 3 is 2.90 bits per heavy atom. The molecule has 1 rings (SSSR count). The average Bonchev–Trinajstić information content (AvgIpc) is 1.94. The van der Waals surface area contributed by atoms with E-state index in [1.54, 1.807) is 0 Å². The summed E-state index contributed by atoms with van der Waals surface area (Å²) in [5.41, 5.74) is 0.310. The highest BCUT2D eigenvalue weighted by Gasteiger charge is 2.22. The second-order valence-electron chi connectivity index (χ2n) is 3.92. The first kappa shape index (κ1) is 8.02. The molecule has 1 N–H and O–H groups in total. The number of ether oxygens (including phenoxy) is 1. The molecular formula is C8H17NO. The minimum absolute atomic E-state index is 0.310. The summed E-state index contributed by atoms with van der Waals surface area (Å²) < 4.78 is 5.56. The van der Waals surface area contributed by atoms with Gasteiger partial charge < -0.3 is 10.1 Å². The molecule has 0 spiro atoms. The van der Waals surface area contributed by atoms with Gasteiger partial charge >= 0.3 is 0 Å². The smallest absolute Gasteiger partial charge is 0.0671 e. The van der Waals surface area contributed by atoms with Crippen molar-refractivity contribution >= 4 is 0 Å². The molecule has 0 aromatic rings. The molecule has 1 heterocycles. The lowest BCUT2D eigenvalue weighted by atomic mass is 9.95. The average molecular weight is 143 g/mol. The SMILES string of the molecule is C[C@@H]1CNCC(C)(C)CO1. The Balaban J connectivity index is 2.41. The molecule has 1 aliphatic heterocycles. The molecule has 0 aliphatic carbocycles. The van der Waals surface area contributed by atoms with Gasteiger partial charge in [-0.05, 0) is 6.92 Å². The maximum atomic E-state index is 5.56. The van der Waals surface area contributed by atoms with Gasteiger partial charge in [-0.15, -0.1) is 0 Å². The van der Waals surface area contributed by atoms with Crippen LogP contribution in [0.2, 0.25) is 0 Å². The van der Waals surface area contributed by atoms with Crippen molar-refractivity contribution < 1.29 is 4.74 Å². The third-order valence-electron chi connectivity index (χ3n) is 1.79. The van der Waals surface area contributed by atoms with E-state index in [-0.39, 0.29) is 0 Å². The maximum absolute atomic E-state index is 5.56. The molecule has 1 saturated heterocycles. The van der Waals surface area contributed by atoms with Crippen molar-refractivity contribution in [1.82, 2.24) is 5.32 Å². The van der Waals surface area contributed by atoms with Crippen LogP contribution in [-0.4, -0.2) is 25.8 Å². The molecule has 1 fully saturated rings. The van der Waals surface area contributed by atoms with Crippen molar-refractivity contribution in [3.05, 3.63) is 0 Å². The third-order valence-corrected chi connectivity index (χ3v) is 1.79. The van der Waals surface area contributed by atoms with Crippen molar-refractivity contribution in [3.8, 4) is 0 Å². The molecule has 0 saturated carbocycles. The summed E-state index contributed by atoms with van der Waals surface area (Å²) in [4.78, 5) is 0. The standard InChI is InChI=1S/C8H17NO/c1-7-4-9-5-8(2,3)6-10-7/h7,9H,4-6H2,1-3H3/t7-/m1/s1. The third kappa shape index (κ3) is 2.27. The van der Waals surface area contributed by atoms with Crippen molar-refractivity contribution in [3.63, 3.8) is 0 Å². The molecule has 10 heavy (non-hydrogen) atoms. The number of hydrogen-bond acceptors (Lipinski definition) is 2. The van der Waals surface area contributed by atoms with Crippen LogP contribution in [0.5, 0.6) is 0 Å². The predicted molar refractivity (Wildman–Crippen MR) is 42.1 cm³/mol. The Bertz CT molecular complexity index is 112. The molecule has 0 radical (unpaired) electrons. The van der Waals surface area contributed by atoms with Crippen molar-refractivity contribution in [2.24, 2.45) is 5.41 Å². The fraction of sp³-hybridized carbons (Fsp3) is 1.00. The van der Waals surface area contributed by atoms with Crippen LogP contribution in [0.25, 0.3) is 0 Å². The van der Waals surface area contributed by atoms with E-state index in [2.05, 4.69) is 26.1 Å². The van der Waals surface area contributed by atoms with Gasteiger partial charge in [0.1, 0.15) is 0 Å². The van der Waals surface area contributed by atoms with Crippen LogP contribution < -0.4 is 5.32 Å². The Kier molecular flexibility index (Phi) is 2.32. The lowest BCUT2D eigenvalue weighted by molar-refractivity contribution is 0.0370. The zero-order valence-electron chi connectivity index (χ0n) is 7.11. The fourth-order valence-electron chi connectivity index (χ4n) is 1.09. The van der Waals surface area contributed by atoms with Gasteiger partial charge in [0.05, 0.1) is 12.7 Å². The topological polar surface area (TPSA) is 21.3 Å². The molecular weight excluding hydrogens is 126 g/mol. The van der Waals surface area contributed by atoms with Crippen molar-refractivity contribution in [2.75, 3.05) is 19.7 Å². The maximum Gasteiger partial charge on any atom is 0.0671 e. The molecule has 60 valence electrons. The summed E-state index contributed by atoms with van der Waals surface area (Å²) in [6, 6.07) is 0. The van der Waals surface area contributed by atoms with Crippen LogP contribution in [0.15, 0.2) is 0 Å². The largest absolute Gasteiger partial charge is 0.377 e. The van der Waals surface area contributed by atoms with E-state index >= 15 is 0 Å². The highest BCUT2D eigenvalue weighted by atomic mass is 16.5. The first-order chi connectivity index (χ1) is 4.60. The van der Waals surface area contributed by atoms with Crippen molar-refractivity contribution in [2.45, 2.75) is 26.9 Å². The summed E-state index contributed by atoms with van der Waals surface area (Å²) in [5, 5.41) is 3.36. The molecule has 0 aromatic heterocycles. The van der Waals surface area contributed by atoms with E-state index < -0.39 is 0 Å². The van der Waals surface area contributed by atoms with E-state index in [1.807, 2.05) is 0 Å². The second-order valence-corrected chi connectivity index (χ2v) is 3.92. The highest BCUT2D eigenvalue weighted by molar-refractivity contribution is 4.75. The van der Waals surface area contributed by atoms with E-state index in [0.29, 0.717) is 11.5 Å². The first-order valence-corrected chi connectivity index (χ1v) is 3.92. The van der Waals surface area contributed by atoms with Crippen LogP contribution in [0.1, 0.15) is 20.8 Å². The van der Waals surface area contributed by atoms with Gasteiger partial charge in [0, 0.05) is 18.5 Å². The van der Waals surface area contributed by atoms with Gasteiger partial charge in [0.25, 0.3) is 0 Å². The monoisotopic (exact) mass is 143 g/mol. The van der Waals surface area contributed by atoms with E-state index in [0.717, 1.165) is 19.7 Å². The molecule has 1 atom stereocenters. The first-order valence-electron chi connectivity index (χ1n) is 3.92. The van der Waals surface area contributed by atoms with E-state index in [9.17, 15) is 0 Å². The number of rotatable bonds is 0. The van der Waals surface area contributed by atoms with Crippen LogP contribution >= 0.6 is 0 Å². The van der Waals surface area contributed by atoms with E-state index in [1.165, 1.54) is 0 Å². The zero-order chi connectivity index (χ0) is 7.61. The molecule has 0 aromatic carbocycles. The molecule has 2 nitrogen and oxygen atoms in total. The molecule has 0 amide bonds. The van der Waals surface area contributed by atoms with Crippen LogP contribution in [-0.2, 0) is 4.74 Å². The van der Waals surface area contributed by atoms with Gasteiger partial charge in [-0.25, -0.2) is 0 Å². The Labute approximate surface area is 63.0 Å². The number of hydrogen-bond donors (Lipinski definition) is 1. The van der Waals surface area contributed by atoms with Gasteiger partial charge in [-0.2, -0.15) is 0 Å². The quantitative estimate of drug-likeness (QED) is 0.546. The molecule has 2 heteroatoms. The highest BCUT2D eigenvalue weighted by Crippen LogP contribution is 2.16. The fourth-order valence-corrected chi connectivity index (χ4v) is 1.09. The van der Waals surface area contributed by atoms with Crippen LogP contribution in [0, 0.1) is 5.41 Å². The molecule has 0 unspecified atom stereocenters. The molecule has 1 aliphatic rings. The van der Waals surface area contributed by atoms with E-state index in [4.69, 9.17) is 4.74 Å². The van der Waals surface area contributed by atoms with Gasteiger partial charge in [0.2, 0.25) is 0 Å². The predicted octanol–water partition coefficient (Wildman–Crippen LogP) is 1.02. The van der Waals surface area contributed by atoms with Crippen LogP contribution in [0.4, 0.5) is 0 Å². The number of nitrogens with one attached hydrogen (secondary N) is 1. The van der Waals surface area contributed by atoms with Crippen LogP contribution in [0.3, 0.4) is 0 Å². The Hall–Kier alpha value is -0.0800. The van der Waals surface area contributed by atoms with Gasteiger partial charge in [-0.3, -0.25) is 0 Å². The normalized spacial score (nSPS) is 33.3. The summed E-state index contributed by atoms with van der Waals surface area (Å²) in [5.74, 6) is 0. The lowest BCUT2D eigenvalue weighted by Crippen LogP contribution is -2.30. The minimum atomic E-state index is 0.310. The minimum Gasteiger partial charge on any atom is -0.377 e. The lowest BCUT2D eigenvalue weighted by Gasteiger charge is -2.20. The van der Waals surface area contributed by atoms with Gasteiger partial charge in [-0.1, -0.05) is 13.8 Å². The van der Waals surface area contributed by atoms with Crippen molar-refractivity contribution in [1.29, 1.82) is 0 Å². The van der Waals surface area contributed by atoms with Gasteiger partial charge in [0.15, 0.2) is 0 Å². The molecule has 0 bridgehead atoms.